The summed E-state index contributed by atoms with van der Waals surface area (Å²) in [5.41, 5.74) is 1.26. The van der Waals surface area contributed by atoms with Crippen molar-refractivity contribution in [1.29, 1.82) is 0 Å². The summed E-state index contributed by atoms with van der Waals surface area (Å²) in [6.45, 7) is 4.18. The third kappa shape index (κ3) is 1.13. The van der Waals surface area contributed by atoms with E-state index in [1.54, 1.807) is 0 Å². The molecular formula is C8H14N2O. The van der Waals surface area contributed by atoms with E-state index < -0.39 is 0 Å². The van der Waals surface area contributed by atoms with Gasteiger partial charge in [0.05, 0.1) is 5.71 Å². The second-order valence-corrected chi connectivity index (χ2v) is 3.39. The molecule has 1 unspecified atom stereocenters. The van der Waals surface area contributed by atoms with Crippen molar-refractivity contribution in [3.63, 3.8) is 0 Å². The standard InChI is InChI=1S/C8H14N2O/c1-2-7-5-8(11-10-7)3-4-9-6-8/h9H,2-6H2,1H3. The Balaban J connectivity index is 2.01. The van der Waals surface area contributed by atoms with Gasteiger partial charge in [0.25, 0.3) is 0 Å². The van der Waals surface area contributed by atoms with E-state index in [4.69, 9.17) is 4.84 Å². The molecule has 62 valence electrons. The van der Waals surface area contributed by atoms with Crippen LogP contribution in [0.4, 0.5) is 0 Å². The SMILES string of the molecule is CCC1=NOC2(CCNC2)C1. The maximum atomic E-state index is 5.43. The van der Waals surface area contributed by atoms with Crippen LogP contribution in [0.5, 0.6) is 0 Å². The molecule has 2 heterocycles. The van der Waals surface area contributed by atoms with E-state index in [0.29, 0.717) is 0 Å². The van der Waals surface area contributed by atoms with Gasteiger partial charge in [0.15, 0.2) is 5.60 Å². The minimum absolute atomic E-state index is 0.0470. The fourth-order valence-corrected chi connectivity index (χ4v) is 1.74. The maximum absolute atomic E-state index is 5.43. The van der Waals surface area contributed by atoms with E-state index >= 15 is 0 Å². The van der Waals surface area contributed by atoms with Crippen LogP contribution in [0.15, 0.2) is 5.16 Å². The van der Waals surface area contributed by atoms with Crippen molar-refractivity contribution in [3.05, 3.63) is 0 Å². The molecule has 0 aromatic carbocycles. The zero-order valence-electron chi connectivity index (χ0n) is 6.89. The normalized spacial score (nSPS) is 35.9. The van der Waals surface area contributed by atoms with Crippen molar-refractivity contribution in [3.8, 4) is 0 Å². The van der Waals surface area contributed by atoms with E-state index in [-0.39, 0.29) is 5.60 Å². The number of hydrogen-bond donors (Lipinski definition) is 1. The van der Waals surface area contributed by atoms with Gasteiger partial charge in [0.1, 0.15) is 0 Å². The van der Waals surface area contributed by atoms with Crippen LogP contribution in [0, 0.1) is 0 Å². The number of rotatable bonds is 1. The summed E-state index contributed by atoms with van der Waals surface area (Å²) in [6, 6.07) is 0. The van der Waals surface area contributed by atoms with Gasteiger partial charge in [-0.1, -0.05) is 12.1 Å². The van der Waals surface area contributed by atoms with E-state index in [0.717, 1.165) is 32.4 Å². The minimum atomic E-state index is 0.0470. The number of nitrogens with zero attached hydrogens (tertiary/aromatic N) is 1. The van der Waals surface area contributed by atoms with Gasteiger partial charge in [-0.25, -0.2) is 0 Å². The van der Waals surface area contributed by atoms with Crippen LogP contribution in [-0.4, -0.2) is 24.4 Å². The molecule has 0 amide bonds. The molecule has 1 fully saturated rings. The Kier molecular flexibility index (Phi) is 1.60. The van der Waals surface area contributed by atoms with Gasteiger partial charge in [-0.2, -0.15) is 0 Å². The highest BCUT2D eigenvalue weighted by molar-refractivity contribution is 5.85. The first-order valence-corrected chi connectivity index (χ1v) is 4.29. The number of nitrogens with one attached hydrogen (secondary N) is 1. The monoisotopic (exact) mass is 154 g/mol. The van der Waals surface area contributed by atoms with E-state index in [1.807, 2.05) is 0 Å². The third-order valence-corrected chi connectivity index (χ3v) is 2.51. The third-order valence-electron chi connectivity index (χ3n) is 2.51. The first kappa shape index (κ1) is 7.10. The lowest BCUT2D eigenvalue weighted by Crippen LogP contribution is -2.31. The molecule has 0 aromatic rings. The second-order valence-electron chi connectivity index (χ2n) is 3.39. The first-order valence-electron chi connectivity index (χ1n) is 4.29. The van der Waals surface area contributed by atoms with Crippen molar-refractivity contribution in [2.75, 3.05) is 13.1 Å². The molecule has 1 spiro atoms. The molecule has 11 heavy (non-hydrogen) atoms. The van der Waals surface area contributed by atoms with Gasteiger partial charge in [0, 0.05) is 19.4 Å². The van der Waals surface area contributed by atoms with Crippen LogP contribution in [0.1, 0.15) is 26.2 Å². The molecule has 1 atom stereocenters. The number of oxime groups is 1. The lowest BCUT2D eigenvalue weighted by Gasteiger charge is -2.18. The highest BCUT2D eigenvalue weighted by Gasteiger charge is 2.40. The zero-order valence-corrected chi connectivity index (χ0v) is 6.89. The van der Waals surface area contributed by atoms with Crippen molar-refractivity contribution >= 4 is 5.71 Å². The second kappa shape index (κ2) is 2.48. The van der Waals surface area contributed by atoms with E-state index in [1.165, 1.54) is 5.71 Å². The van der Waals surface area contributed by atoms with Crippen LogP contribution in [-0.2, 0) is 4.84 Å². The minimum Gasteiger partial charge on any atom is -0.387 e. The Hall–Kier alpha value is -0.570. The van der Waals surface area contributed by atoms with E-state index in [2.05, 4.69) is 17.4 Å². The number of hydrogen-bond acceptors (Lipinski definition) is 3. The molecule has 3 nitrogen and oxygen atoms in total. The topological polar surface area (TPSA) is 33.6 Å². The average Bonchev–Trinajstić information content (AvgIpc) is 2.62. The summed E-state index contributed by atoms with van der Waals surface area (Å²) < 4.78 is 0. The lowest BCUT2D eigenvalue weighted by atomic mass is 9.96. The van der Waals surface area contributed by atoms with Crippen molar-refractivity contribution in [2.24, 2.45) is 5.16 Å². The van der Waals surface area contributed by atoms with Crippen LogP contribution in [0.25, 0.3) is 0 Å². The highest BCUT2D eigenvalue weighted by Crippen LogP contribution is 2.30. The average molecular weight is 154 g/mol. The molecule has 0 saturated carbocycles. The van der Waals surface area contributed by atoms with Gasteiger partial charge < -0.3 is 10.2 Å². The Morgan fingerprint density at radius 1 is 1.73 bits per heavy atom. The fraction of sp³-hybridized carbons (Fsp3) is 0.875. The van der Waals surface area contributed by atoms with Crippen molar-refractivity contribution in [1.82, 2.24) is 5.32 Å². The van der Waals surface area contributed by atoms with Crippen LogP contribution < -0.4 is 5.32 Å². The summed E-state index contributed by atoms with van der Waals surface area (Å²) in [5.74, 6) is 0. The Morgan fingerprint density at radius 3 is 3.18 bits per heavy atom. The fourth-order valence-electron chi connectivity index (χ4n) is 1.74. The zero-order chi connectivity index (χ0) is 7.73. The summed E-state index contributed by atoms with van der Waals surface area (Å²) in [6.07, 6.45) is 3.18. The highest BCUT2D eigenvalue weighted by atomic mass is 16.7. The Morgan fingerprint density at radius 2 is 2.64 bits per heavy atom. The van der Waals surface area contributed by atoms with Gasteiger partial charge in [-0.05, 0) is 13.0 Å². The van der Waals surface area contributed by atoms with Gasteiger partial charge in [-0.3, -0.25) is 0 Å². The Bertz CT molecular complexity index is 183. The molecule has 1 N–H and O–H groups in total. The molecule has 2 aliphatic rings. The molecule has 3 heteroatoms. The molecule has 0 aromatic heterocycles. The van der Waals surface area contributed by atoms with Crippen molar-refractivity contribution < 1.29 is 4.84 Å². The summed E-state index contributed by atoms with van der Waals surface area (Å²) in [4.78, 5) is 5.43. The predicted molar refractivity (Wildman–Crippen MR) is 43.6 cm³/mol. The molecule has 0 radical (unpaired) electrons. The maximum Gasteiger partial charge on any atom is 0.156 e. The molecule has 2 aliphatic heterocycles. The summed E-state index contributed by atoms with van der Waals surface area (Å²) >= 11 is 0. The lowest BCUT2D eigenvalue weighted by molar-refractivity contribution is -0.00190. The van der Waals surface area contributed by atoms with Gasteiger partial charge in [0.2, 0.25) is 0 Å². The van der Waals surface area contributed by atoms with Crippen LogP contribution in [0.3, 0.4) is 0 Å². The van der Waals surface area contributed by atoms with Gasteiger partial charge in [-0.15, -0.1) is 0 Å². The first-order chi connectivity index (χ1) is 5.35. The molecule has 0 aliphatic carbocycles. The van der Waals surface area contributed by atoms with Crippen molar-refractivity contribution in [2.45, 2.75) is 31.8 Å². The molecular weight excluding hydrogens is 140 g/mol. The Labute approximate surface area is 66.8 Å². The van der Waals surface area contributed by atoms with Gasteiger partial charge >= 0.3 is 0 Å². The summed E-state index contributed by atoms with van der Waals surface area (Å²) in [7, 11) is 0. The smallest absolute Gasteiger partial charge is 0.156 e. The molecule has 1 saturated heterocycles. The largest absolute Gasteiger partial charge is 0.387 e. The van der Waals surface area contributed by atoms with E-state index in [9.17, 15) is 0 Å². The molecule has 0 bridgehead atoms. The predicted octanol–water partition coefficient (Wildman–Crippen LogP) is 0.905. The summed E-state index contributed by atoms with van der Waals surface area (Å²) in [5, 5.41) is 7.37. The van der Waals surface area contributed by atoms with Crippen LogP contribution in [0.2, 0.25) is 0 Å². The quantitative estimate of drug-likeness (QED) is 0.609. The molecule has 2 rings (SSSR count). The van der Waals surface area contributed by atoms with Crippen LogP contribution >= 0.6 is 0 Å².